The van der Waals surface area contributed by atoms with Crippen LogP contribution in [0.2, 0.25) is 0 Å². The molecule has 1 saturated heterocycles. The predicted octanol–water partition coefficient (Wildman–Crippen LogP) is 3.54. The first-order valence-electron chi connectivity index (χ1n) is 11.3. The Labute approximate surface area is 179 Å². The lowest BCUT2D eigenvalue weighted by Crippen LogP contribution is -2.40. The van der Waals surface area contributed by atoms with E-state index in [-0.39, 0.29) is 0 Å². The molecule has 0 aliphatic carbocycles. The van der Waals surface area contributed by atoms with Crippen LogP contribution in [0.15, 0.2) is 41.8 Å². The van der Waals surface area contributed by atoms with Crippen LogP contribution in [0.1, 0.15) is 37.0 Å². The van der Waals surface area contributed by atoms with Crippen LogP contribution in [0.25, 0.3) is 10.9 Å². The maximum absolute atomic E-state index is 4.97. The van der Waals surface area contributed by atoms with Gasteiger partial charge in [0, 0.05) is 56.5 Å². The number of hydrogen-bond acceptors (Lipinski definition) is 2. The molecule has 0 radical (unpaired) electrons. The highest BCUT2D eigenvalue weighted by Crippen LogP contribution is 2.23. The van der Waals surface area contributed by atoms with Crippen LogP contribution in [-0.4, -0.2) is 51.8 Å². The Bertz CT molecular complexity index is 998. The fourth-order valence-electron chi connectivity index (χ4n) is 4.59. The van der Waals surface area contributed by atoms with Gasteiger partial charge in [0.1, 0.15) is 0 Å². The molecule has 2 N–H and O–H groups in total. The standard InChI is InChI=1S/C24H34N6/c1-4-20-7-6-8-22-21(15-27-23(20)22)9-11-26-24(25-5-2)30-12-10-18(17-30)13-19-14-28-29(3)16-19/h6-8,14-16,18,27H,4-5,9-13,17H2,1-3H3,(H,25,26). The van der Waals surface area contributed by atoms with E-state index in [1.54, 1.807) is 0 Å². The first kappa shape index (κ1) is 20.5. The highest BCUT2D eigenvalue weighted by molar-refractivity contribution is 5.86. The fraction of sp³-hybridized carbons (Fsp3) is 0.500. The van der Waals surface area contributed by atoms with E-state index in [2.05, 4.69) is 64.7 Å². The molecule has 1 fully saturated rings. The summed E-state index contributed by atoms with van der Waals surface area (Å²) in [7, 11) is 1.98. The maximum Gasteiger partial charge on any atom is 0.193 e. The molecule has 1 unspecified atom stereocenters. The molecule has 1 aromatic carbocycles. The summed E-state index contributed by atoms with van der Waals surface area (Å²) in [5.74, 6) is 1.72. The van der Waals surface area contributed by atoms with Crippen molar-refractivity contribution in [2.75, 3.05) is 26.2 Å². The van der Waals surface area contributed by atoms with Crippen LogP contribution in [0.3, 0.4) is 0 Å². The van der Waals surface area contributed by atoms with E-state index in [4.69, 9.17) is 4.99 Å². The summed E-state index contributed by atoms with van der Waals surface area (Å²) in [4.78, 5) is 10.9. The van der Waals surface area contributed by atoms with Gasteiger partial charge in [-0.05, 0) is 55.2 Å². The Morgan fingerprint density at radius 2 is 2.20 bits per heavy atom. The summed E-state index contributed by atoms with van der Waals surface area (Å²) < 4.78 is 1.89. The molecule has 0 spiro atoms. The second-order valence-electron chi connectivity index (χ2n) is 8.32. The topological polar surface area (TPSA) is 61.2 Å². The number of H-pyrrole nitrogens is 1. The lowest BCUT2D eigenvalue weighted by atomic mass is 10.0. The van der Waals surface area contributed by atoms with Gasteiger partial charge in [-0.1, -0.05) is 25.1 Å². The number of guanidine groups is 1. The third kappa shape index (κ3) is 4.53. The summed E-state index contributed by atoms with van der Waals surface area (Å²) in [6, 6.07) is 6.59. The summed E-state index contributed by atoms with van der Waals surface area (Å²) in [6.45, 7) is 8.19. The average molecular weight is 407 g/mol. The van der Waals surface area contributed by atoms with Crippen molar-refractivity contribution >= 4 is 16.9 Å². The van der Waals surface area contributed by atoms with Gasteiger partial charge < -0.3 is 15.2 Å². The van der Waals surface area contributed by atoms with Crippen molar-refractivity contribution < 1.29 is 0 Å². The van der Waals surface area contributed by atoms with Gasteiger partial charge in [0.25, 0.3) is 0 Å². The molecule has 3 heterocycles. The first-order chi connectivity index (χ1) is 14.7. The number of rotatable bonds is 7. The van der Waals surface area contributed by atoms with Gasteiger partial charge >= 0.3 is 0 Å². The van der Waals surface area contributed by atoms with Crippen LogP contribution in [0.4, 0.5) is 0 Å². The molecule has 160 valence electrons. The molecule has 30 heavy (non-hydrogen) atoms. The number of fused-ring (bicyclic) bond motifs is 1. The minimum absolute atomic E-state index is 0.666. The van der Waals surface area contributed by atoms with E-state index >= 15 is 0 Å². The summed E-state index contributed by atoms with van der Waals surface area (Å²) in [5.41, 5.74) is 5.35. The second-order valence-corrected chi connectivity index (χ2v) is 8.32. The molecule has 1 aliphatic rings. The Morgan fingerprint density at radius 1 is 1.30 bits per heavy atom. The molecular weight excluding hydrogens is 372 g/mol. The van der Waals surface area contributed by atoms with E-state index in [1.807, 2.05) is 17.9 Å². The fourth-order valence-corrected chi connectivity index (χ4v) is 4.59. The number of aryl methyl sites for hydroxylation is 2. The smallest absolute Gasteiger partial charge is 0.193 e. The molecule has 1 aliphatic heterocycles. The van der Waals surface area contributed by atoms with E-state index < -0.39 is 0 Å². The van der Waals surface area contributed by atoms with Gasteiger partial charge in [-0.15, -0.1) is 0 Å². The number of benzene rings is 1. The summed E-state index contributed by atoms with van der Waals surface area (Å²) in [6.07, 6.45) is 10.6. The van der Waals surface area contributed by atoms with Crippen LogP contribution in [-0.2, 0) is 26.3 Å². The van der Waals surface area contributed by atoms with Gasteiger partial charge in [-0.2, -0.15) is 5.10 Å². The third-order valence-corrected chi connectivity index (χ3v) is 6.11. The molecular formula is C24H34N6. The lowest BCUT2D eigenvalue weighted by Gasteiger charge is -2.21. The van der Waals surface area contributed by atoms with Crippen molar-refractivity contribution in [3.8, 4) is 0 Å². The number of likely N-dealkylation sites (tertiary alicyclic amines) is 1. The Kier molecular flexibility index (Phi) is 6.41. The van der Waals surface area contributed by atoms with Crippen LogP contribution in [0.5, 0.6) is 0 Å². The number of aromatic amines is 1. The minimum Gasteiger partial charge on any atom is -0.361 e. The molecule has 6 heteroatoms. The zero-order valence-electron chi connectivity index (χ0n) is 18.5. The number of aromatic nitrogens is 3. The Morgan fingerprint density at radius 3 is 2.97 bits per heavy atom. The van der Waals surface area contributed by atoms with Crippen molar-refractivity contribution in [1.29, 1.82) is 0 Å². The van der Waals surface area contributed by atoms with E-state index in [1.165, 1.54) is 34.0 Å². The van der Waals surface area contributed by atoms with Gasteiger partial charge in [0.05, 0.1) is 6.20 Å². The maximum atomic E-state index is 4.97. The van der Waals surface area contributed by atoms with Crippen molar-refractivity contribution in [2.24, 2.45) is 18.0 Å². The number of para-hydroxylation sites is 1. The van der Waals surface area contributed by atoms with Crippen molar-refractivity contribution in [3.05, 3.63) is 53.5 Å². The molecule has 6 nitrogen and oxygen atoms in total. The van der Waals surface area contributed by atoms with Gasteiger partial charge in [-0.3, -0.25) is 9.67 Å². The predicted molar refractivity (Wildman–Crippen MR) is 124 cm³/mol. The molecule has 0 saturated carbocycles. The van der Waals surface area contributed by atoms with E-state index in [0.717, 1.165) is 51.4 Å². The number of nitrogens with one attached hydrogen (secondary N) is 2. The average Bonchev–Trinajstić information content (AvgIpc) is 3.48. The monoisotopic (exact) mass is 406 g/mol. The van der Waals surface area contributed by atoms with E-state index in [0.29, 0.717) is 5.92 Å². The van der Waals surface area contributed by atoms with Crippen molar-refractivity contribution in [1.82, 2.24) is 25.0 Å². The van der Waals surface area contributed by atoms with Gasteiger partial charge in [0.2, 0.25) is 0 Å². The molecule has 1 atom stereocenters. The zero-order valence-corrected chi connectivity index (χ0v) is 18.5. The Balaban J connectivity index is 1.38. The van der Waals surface area contributed by atoms with Crippen molar-refractivity contribution in [2.45, 2.75) is 39.5 Å². The second kappa shape index (κ2) is 9.37. The SMILES string of the molecule is CCNC(=NCCc1c[nH]c2c(CC)cccc12)N1CCC(Cc2cnn(C)c2)C1. The molecule has 2 aromatic heterocycles. The first-order valence-corrected chi connectivity index (χ1v) is 11.3. The number of hydrogen-bond donors (Lipinski definition) is 2. The van der Waals surface area contributed by atoms with Crippen LogP contribution in [0, 0.1) is 5.92 Å². The highest BCUT2D eigenvalue weighted by Gasteiger charge is 2.25. The minimum atomic E-state index is 0.666. The molecule has 3 aromatic rings. The quantitative estimate of drug-likeness (QED) is 0.466. The van der Waals surface area contributed by atoms with Gasteiger partial charge in [-0.25, -0.2) is 0 Å². The number of nitrogens with zero attached hydrogens (tertiary/aromatic N) is 4. The summed E-state index contributed by atoms with van der Waals surface area (Å²) >= 11 is 0. The number of aliphatic imine (C=N–C) groups is 1. The third-order valence-electron chi connectivity index (χ3n) is 6.11. The normalized spacial score (nSPS) is 17.2. The summed E-state index contributed by atoms with van der Waals surface area (Å²) in [5, 5.41) is 9.14. The zero-order chi connectivity index (χ0) is 20.9. The molecule has 0 bridgehead atoms. The van der Waals surface area contributed by atoms with E-state index in [9.17, 15) is 0 Å². The van der Waals surface area contributed by atoms with Crippen LogP contribution < -0.4 is 5.32 Å². The van der Waals surface area contributed by atoms with Crippen molar-refractivity contribution in [3.63, 3.8) is 0 Å². The van der Waals surface area contributed by atoms with Crippen LogP contribution >= 0.6 is 0 Å². The largest absolute Gasteiger partial charge is 0.361 e. The molecule has 0 amide bonds. The highest BCUT2D eigenvalue weighted by atomic mass is 15.3. The van der Waals surface area contributed by atoms with Gasteiger partial charge in [0.15, 0.2) is 5.96 Å². The lowest BCUT2D eigenvalue weighted by molar-refractivity contribution is 0.460. The molecule has 4 rings (SSSR count). The Hall–Kier alpha value is -2.76.